The van der Waals surface area contributed by atoms with Crippen LogP contribution in [-0.2, 0) is 0 Å². The number of amides is 1. The number of carbonyl (C=O) groups excluding carboxylic acids is 1. The van der Waals surface area contributed by atoms with Crippen LogP contribution in [0, 0.1) is 6.92 Å². The molecule has 0 saturated heterocycles. The van der Waals surface area contributed by atoms with Crippen LogP contribution in [-0.4, -0.2) is 6.09 Å². The first-order valence-electron chi connectivity index (χ1n) is 5.57. The minimum absolute atomic E-state index is 0.427. The summed E-state index contributed by atoms with van der Waals surface area (Å²) >= 11 is 11.9. The lowest BCUT2D eigenvalue weighted by atomic mass is 10.2. The smallest absolute Gasteiger partial charge is 0.409 e. The summed E-state index contributed by atoms with van der Waals surface area (Å²) in [5.41, 5.74) is 1.37. The minimum Gasteiger partial charge on any atom is -0.409 e. The van der Waals surface area contributed by atoms with Crippen molar-refractivity contribution in [2.24, 2.45) is 0 Å². The monoisotopic (exact) mass is 295 g/mol. The summed E-state index contributed by atoms with van der Waals surface area (Å²) in [6.45, 7) is 1.87. The zero-order valence-corrected chi connectivity index (χ0v) is 11.7. The van der Waals surface area contributed by atoms with Crippen molar-refractivity contribution in [3.63, 3.8) is 0 Å². The van der Waals surface area contributed by atoms with Gasteiger partial charge in [-0.3, -0.25) is 0 Å². The Kier molecular flexibility index (Phi) is 4.30. The maximum Gasteiger partial charge on any atom is 0.434 e. The van der Waals surface area contributed by atoms with E-state index in [1.54, 1.807) is 42.5 Å². The number of hydrogen-bond acceptors (Lipinski definition) is 2. The van der Waals surface area contributed by atoms with Crippen molar-refractivity contribution in [3.05, 3.63) is 59.1 Å². The van der Waals surface area contributed by atoms with Crippen LogP contribution in [0.4, 0.5) is 10.5 Å². The highest BCUT2D eigenvalue weighted by Crippen LogP contribution is 2.25. The van der Waals surface area contributed by atoms with E-state index in [1.165, 1.54) is 0 Å². The second-order valence-electron chi connectivity index (χ2n) is 3.90. The average Bonchev–Trinajstić information content (AvgIpc) is 2.42. The van der Waals surface area contributed by atoms with Gasteiger partial charge in [-0.15, -0.1) is 0 Å². The van der Waals surface area contributed by atoms with Crippen molar-refractivity contribution in [1.82, 2.24) is 0 Å². The predicted molar refractivity (Wildman–Crippen MR) is 77.0 cm³/mol. The fourth-order valence-electron chi connectivity index (χ4n) is 1.44. The lowest BCUT2D eigenvalue weighted by molar-refractivity contribution is 0.212. The molecule has 3 nitrogen and oxygen atoms in total. The highest BCUT2D eigenvalue weighted by atomic mass is 35.5. The van der Waals surface area contributed by atoms with Crippen LogP contribution >= 0.6 is 23.4 Å². The SMILES string of the molecule is Cc1ccc(N(Cl)C(=O)Oc2ccccc2)cc1Cl. The standard InChI is InChI=1S/C14H11Cl2NO2/c1-10-7-8-11(9-13(10)15)17(16)14(18)19-12-5-3-2-4-6-12/h2-9H,1H3. The maximum atomic E-state index is 11.8. The van der Waals surface area contributed by atoms with Gasteiger partial charge in [0.1, 0.15) is 5.75 Å². The molecule has 0 aliphatic heterocycles. The van der Waals surface area contributed by atoms with Gasteiger partial charge in [0.25, 0.3) is 0 Å². The molecule has 2 rings (SSSR count). The first-order valence-corrected chi connectivity index (χ1v) is 6.28. The second-order valence-corrected chi connectivity index (χ2v) is 4.64. The summed E-state index contributed by atoms with van der Waals surface area (Å²) in [5, 5.41) is 0.538. The molecule has 0 saturated carbocycles. The minimum atomic E-state index is -0.687. The van der Waals surface area contributed by atoms with Crippen molar-refractivity contribution in [3.8, 4) is 5.75 Å². The highest BCUT2D eigenvalue weighted by molar-refractivity contribution is 6.36. The summed E-state index contributed by atoms with van der Waals surface area (Å²) in [6.07, 6.45) is -0.687. The summed E-state index contributed by atoms with van der Waals surface area (Å²) in [6, 6.07) is 13.8. The number of rotatable bonds is 2. The Hall–Kier alpha value is -1.71. The van der Waals surface area contributed by atoms with E-state index in [2.05, 4.69) is 0 Å². The first-order chi connectivity index (χ1) is 9.08. The van der Waals surface area contributed by atoms with E-state index in [1.807, 2.05) is 13.0 Å². The molecule has 0 aromatic heterocycles. The molecular formula is C14H11Cl2NO2. The van der Waals surface area contributed by atoms with Gasteiger partial charge in [0.2, 0.25) is 0 Å². The van der Waals surface area contributed by atoms with Crippen LogP contribution in [0.15, 0.2) is 48.5 Å². The van der Waals surface area contributed by atoms with Crippen LogP contribution in [0.3, 0.4) is 0 Å². The van der Waals surface area contributed by atoms with E-state index < -0.39 is 6.09 Å². The molecule has 0 N–H and O–H groups in total. The predicted octanol–water partition coefficient (Wildman–Crippen LogP) is 4.81. The molecular weight excluding hydrogens is 285 g/mol. The molecule has 0 unspecified atom stereocenters. The third-order valence-corrected chi connectivity index (χ3v) is 3.23. The first kappa shape index (κ1) is 13.7. The van der Waals surface area contributed by atoms with E-state index >= 15 is 0 Å². The van der Waals surface area contributed by atoms with Gasteiger partial charge in [0.05, 0.1) is 5.69 Å². The summed E-state index contributed by atoms with van der Waals surface area (Å²) in [7, 11) is 0. The van der Waals surface area contributed by atoms with Crippen molar-refractivity contribution >= 4 is 35.2 Å². The number of benzene rings is 2. The molecule has 0 aliphatic rings. The summed E-state index contributed by atoms with van der Waals surface area (Å²) in [4.78, 5) is 11.8. The topological polar surface area (TPSA) is 29.5 Å². The van der Waals surface area contributed by atoms with E-state index in [0.717, 1.165) is 9.98 Å². The van der Waals surface area contributed by atoms with E-state index in [4.69, 9.17) is 28.1 Å². The third-order valence-electron chi connectivity index (χ3n) is 2.49. The normalized spacial score (nSPS) is 10.1. The number of ether oxygens (including phenoxy) is 1. The van der Waals surface area contributed by atoms with Crippen LogP contribution in [0.25, 0.3) is 0 Å². The number of hydrogen-bond donors (Lipinski definition) is 0. The molecule has 5 heteroatoms. The third kappa shape index (κ3) is 3.40. The number of nitrogens with zero attached hydrogens (tertiary/aromatic N) is 1. The zero-order valence-electron chi connectivity index (χ0n) is 10.1. The molecule has 0 atom stereocenters. The molecule has 0 bridgehead atoms. The zero-order chi connectivity index (χ0) is 13.8. The van der Waals surface area contributed by atoms with E-state index in [0.29, 0.717) is 16.5 Å². The van der Waals surface area contributed by atoms with Gasteiger partial charge in [-0.1, -0.05) is 35.9 Å². The van der Waals surface area contributed by atoms with Crippen molar-refractivity contribution < 1.29 is 9.53 Å². The maximum absolute atomic E-state index is 11.8. The Bertz CT molecular complexity index is 587. The van der Waals surface area contributed by atoms with Gasteiger partial charge in [-0.2, -0.15) is 4.42 Å². The molecule has 2 aromatic carbocycles. The molecule has 19 heavy (non-hydrogen) atoms. The molecule has 0 spiro atoms. The average molecular weight is 296 g/mol. The van der Waals surface area contributed by atoms with Gasteiger partial charge in [-0.05, 0) is 36.8 Å². The summed E-state index contributed by atoms with van der Waals surface area (Å²) in [5.74, 6) is 0.427. The van der Waals surface area contributed by atoms with Crippen molar-refractivity contribution in [2.75, 3.05) is 4.42 Å². The molecule has 0 fully saturated rings. The van der Waals surface area contributed by atoms with E-state index in [9.17, 15) is 4.79 Å². The lowest BCUT2D eigenvalue weighted by Crippen LogP contribution is -2.24. The quantitative estimate of drug-likeness (QED) is 0.744. The Labute approximate surface area is 121 Å². The largest absolute Gasteiger partial charge is 0.434 e. The Balaban J connectivity index is 2.12. The molecule has 0 aliphatic carbocycles. The number of para-hydroxylation sites is 1. The highest BCUT2D eigenvalue weighted by Gasteiger charge is 2.16. The van der Waals surface area contributed by atoms with Gasteiger partial charge in [0.15, 0.2) is 0 Å². The Morgan fingerprint density at radius 2 is 1.84 bits per heavy atom. The summed E-state index contributed by atoms with van der Waals surface area (Å²) < 4.78 is 6.00. The van der Waals surface area contributed by atoms with Gasteiger partial charge in [0, 0.05) is 16.8 Å². The molecule has 2 aromatic rings. The van der Waals surface area contributed by atoms with Gasteiger partial charge >= 0.3 is 6.09 Å². The fourth-order valence-corrected chi connectivity index (χ4v) is 1.75. The Morgan fingerprint density at radius 1 is 1.16 bits per heavy atom. The number of carbonyl (C=O) groups is 1. The molecule has 1 amide bonds. The van der Waals surface area contributed by atoms with Crippen LogP contribution in [0.1, 0.15) is 5.56 Å². The number of aryl methyl sites for hydroxylation is 1. The van der Waals surface area contributed by atoms with Gasteiger partial charge in [-0.25, -0.2) is 4.79 Å². The lowest BCUT2D eigenvalue weighted by Gasteiger charge is -2.14. The van der Waals surface area contributed by atoms with Crippen molar-refractivity contribution in [2.45, 2.75) is 6.92 Å². The molecule has 0 heterocycles. The molecule has 98 valence electrons. The Morgan fingerprint density at radius 3 is 2.47 bits per heavy atom. The van der Waals surface area contributed by atoms with Crippen LogP contribution < -0.4 is 9.16 Å². The van der Waals surface area contributed by atoms with Crippen LogP contribution in [0.2, 0.25) is 5.02 Å². The van der Waals surface area contributed by atoms with Gasteiger partial charge < -0.3 is 4.74 Å². The number of anilines is 1. The van der Waals surface area contributed by atoms with Crippen molar-refractivity contribution in [1.29, 1.82) is 0 Å². The van der Waals surface area contributed by atoms with Crippen LogP contribution in [0.5, 0.6) is 5.75 Å². The number of halogens is 2. The molecule has 0 radical (unpaired) electrons. The van der Waals surface area contributed by atoms with E-state index in [-0.39, 0.29) is 0 Å². The fraction of sp³-hybridized carbons (Fsp3) is 0.0714. The second kappa shape index (κ2) is 5.95.